The Balaban J connectivity index is 1.73. The molecule has 0 bridgehead atoms. The van der Waals surface area contributed by atoms with Crippen LogP contribution in [0, 0.1) is 6.92 Å². The second-order valence-electron chi connectivity index (χ2n) is 8.02. The minimum atomic E-state index is 0.0508. The van der Waals surface area contributed by atoms with Crippen LogP contribution < -0.4 is 9.64 Å². The SMILES string of the molecule is COc1cc(C(=O)c2c(N(C)C)sc3cc(C)ccc23)ccc1CN1CCCC1. The predicted molar refractivity (Wildman–Crippen MR) is 122 cm³/mol. The van der Waals surface area contributed by atoms with Crippen molar-refractivity contribution in [3.05, 3.63) is 58.7 Å². The van der Waals surface area contributed by atoms with Crippen LogP contribution in [-0.4, -0.2) is 45.0 Å². The van der Waals surface area contributed by atoms with Crippen molar-refractivity contribution in [3.8, 4) is 5.75 Å². The zero-order chi connectivity index (χ0) is 20.5. The molecule has 0 aliphatic carbocycles. The number of anilines is 1. The van der Waals surface area contributed by atoms with Crippen LogP contribution in [0.25, 0.3) is 10.1 Å². The average molecular weight is 409 g/mol. The van der Waals surface area contributed by atoms with Crippen LogP contribution in [0.1, 0.15) is 39.9 Å². The van der Waals surface area contributed by atoms with E-state index in [9.17, 15) is 4.79 Å². The third-order valence-electron chi connectivity index (χ3n) is 5.60. The third kappa shape index (κ3) is 3.89. The lowest BCUT2D eigenvalue weighted by Gasteiger charge is -2.18. The second kappa shape index (κ2) is 8.17. The number of carbonyl (C=O) groups excluding carboxylic acids is 1. The van der Waals surface area contributed by atoms with Gasteiger partial charge in [0.25, 0.3) is 0 Å². The van der Waals surface area contributed by atoms with Gasteiger partial charge in [-0.25, -0.2) is 0 Å². The zero-order valence-corrected chi connectivity index (χ0v) is 18.4. The zero-order valence-electron chi connectivity index (χ0n) is 17.6. The summed E-state index contributed by atoms with van der Waals surface area (Å²) >= 11 is 1.67. The number of ketones is 1. The van der Waals surface area contributed by atoms with Gasteiger partial charge in [-0.05, 0) is 50.6 Å². The molecule has 0 atom stereocenters. The molecule has 1 aliphatic rings. The first-order valence-corrected chi connectivity index (χ1v) is 10.9. The van der Waals surface area contributed by atoms with Gasteiger partial charge in [-0.15, -0.1) is 11.3 Å². The highest BCUT2D eigenvalue weighted by atomic mass is 32.1. The summed E-state index contributed by atoms with van der Waals surface area (Å²) in [5, 5.41) is 2.02. The molecule has 4 nitrogen and oxygen atoms in total. The van der Waals surface area contributed by atoms with Gasteiger partial charge in [0.1, 0.15) is 10.8 Å². The summed E-state index contributed by atoms with van der Waals surface area (Å²) in [5.74, 6) is 0.847. The number of carbonyl (C=O) groups is 1. The summed E-state index contributed by atoms with van der Waals surface area (Å²) in [4.78, 5) is 18.0. The molecule has 0 saturated carbocycles. The highest BCUT2D eigenvalue weighted by molar-refractivity contribution is 7.23. The normalized spacial score (nSPS) is 14.5. The summed E-state index contributed by atoms with van der Waals surface area (Å²) in [7, 11) is 5.67. The van der Waals surface area contributed by atoms with Gasteiger partial charge < -0.3 is 9.64 Å². The van der Waals surface area contributed by atoms with Crippen molar-refractivity contribution in [2.75, 3.05) is 39.2 Å². The molecule has 0 spiro atoms. The van der Waals surface area contributed by atoms with Crippen LogP contribution in [0.4, 0.5) is 5.00 Å². The number of hydrogen-bond donors (Lipinski definition) is 0. The number of likely N-dealkylation sites (tertiary alicyclic amines) is 1. The van der Waals surface area contributed by atoms with E-state index in [1.54, 1.807) is 18.4 Å². The number of benzene rings is 2. The number of hydrogen-bond acceptors (Lipinski definition) is 5. The fraction of sp³-hybridized carbons (Fsp3) is 0.375. The Morgan fingerprint density at radius 2 is 1.90 bits per heavy atom. The average Bonchev–Trinajstić information content (AvgIpc) is 3.35. The van der Waals surface area contributed by atoms with E-state index >= 15 is 0 Å². The Labute approximate surface area is 176 Å². The molecular formula is C24H28N2O2S. The van der Waals surface area contributed by atoms with Crippen molar-refractivity contribution in [3.63, 3.8) is 0 Å². The maximum absolute atomic E-state index is 13.6. The Bertz CT molecular complexity index is 1050. The maximum atomic E-state index is 13.6. The summed E-state index contributed by atoms with van der Waals surface area (Å²) < 4.78 is 6.81. The molecule has 1 saturated heterocycles. The minimum absolute atomic E-state index is 0.0508. The van der Waals surface area contributed by atoms with Gasteiger partial charge in [-0.2, -0.15) is 0 Å². The van der Waals surface area contributed by atoms with E-state index in [0.29, 0.717) is 5.56 Å². The molecular weight excluding hydrogens is 380 g/mol. The summed E-state index contributed by atoms with van der Waals surface area (Å²) in [6.07, 6.45) is 2.52. The molecule has 4 rings (SSSR count). The van der Waals surface area contributed by atoms with Gasteiger partial charge in [0.15, 0.2) is 5.78 Å². The van der Waals surface area contributed by atoms with Crippen LogP contribution in [0.15, 0.2) is 36.4 Å². The quantitative estimate of drug-likeness (QED) is 0.531. The number of methoxy groups -OCH3 is 1. The van der Waals surface area contributed by atoms with Crippen molar-refractivity contribution < 1.29 is 9.53 Å². The van der Waals surface area contributed by atoms with E-state index in [1.165, 1.54) is 18.4 Å². The lowest BCUT2D eigenvalue weighted by Crippen LogP contribution is -2.19. The van der Waals surface area contributed by atoms with Crippen molar-refractivity contribution in [1.29, 1.82) is 0 Å². The molecule has 1 aromatic heterocycles. The Hall–Kier alpha value is -2.37. The van der Waals surface area contributed by atoms with E-state index in [-0.39, 0.29) is 5.78 Å². The molecule has 1 fully saturated rings. The smallest absolute Gasteiger partial charge is 0.196 e. The molecule has 1 aliphatic heterocycles. The first kappa shape index (κ1) is 19.9. The Morgan fingerprint density at radius 3 is 2.59 bits per heavy atom. The standard InChI is InChI=1S/C24H28N2O2S/c1-16-7-10-19-21(13-16)29-24(25(2)3)22(19)23(27)17-8-9-18(20(14-17)28-4)15-26-11-5-6-12-26/h7-10,13-14H,5-6,11-12,15H2,1-4H3. The van der Waals surface area contributed by atoms with Gasteiger partial charge in [0.05, 0.1) is 12.7 Å². The van der Waals surface area contributed by atoms with Crippen LogP contribution in [-0.2, 0) is 6.54 Å². The van der Waals surface area contributed by atoms with Crippen LogP contribution in [0.5, 0.6) is 5.75 Å². The molecule has 3 aromatic rings. The number of fused-ring (bicyclic) bond motifs is 1. The van der Waals surface area contributed by atoms with E-state index in [2.05, 4.69) is 36.1 Å². The summed E-state index contributed by atoms with van der Waals surface area (Å²) in [5.41, 5.74) is 3.81. The number of thiophene rings is 1. The van der Waals surface area contributed by atoms with E-state index < -0.39 is 0 Å². The highest BCUT2D eigenvalue weighted by Crippen LogP contribution is 2.39. The second-order valence-corrected chi connectivity index (χ2v) is 9.05. The fourth-order valence-corrected chi connectivity index (χ4v) is 5.29. The molecule has 152 valence electrons. The Kier molecular flexibility index (Phi) is 5.61. The number of aryl methyl sites for hydroxylation is 1. The third-order valence-corrected chi connectivity index (χ3v) is 6.92. The first-order chi connectivity index (χ1) is 14.0. The topological polar surface area (TPSA) is 32.8 Å². The molecule has 0 radical (unpaired) electrons. The van der Waals surface area contributed by atoms with Crippen LogP contribution >= 0.6 is 11.3 Å². The molecule has 0 unspecified atom stereocenters. The van der Waals surface area contributed by atoms with Gasteiger partial charge in [0, 0.05) is 41.9 Å². The monoisotopic (exact) mass is 408 g/mol. The van der Waals surface area contributed by atoms with Gasteiger partial charge >= 0.3 is 0 Å². The lowest BCUT2D eigenvalue weighted by molar-refractivity contribution is 0.104. The summed E-state index contributed by atoms with van der Waals surface area (Å²) in [6.45, 7) is 5.23. The van der Waals surface area contributed by atoms with E-state index in [4.69, 9.17) is 4.74 Å². The molecule has 0 amide bonds. The van der Waals surface area contributed by atoms with Crippen LogP contribution in [0.2, 0.25) is 0 Å². The molecule has 0 N–H and O–H groups in total. The molecule has 2 aromatic carbocycles. The van der Waals surface area contributed by atoms with Crippen molar-refractivity contribution in [2.45, 2.75) is 26.3 Å². The lowest BCUT2D eigenvalue weighted by atomic mass is 9.99. The van der Waals surface area contributed by atoms with E-state index in [0.717, 1.165) is 51.6 Å². The predicted octanol–water partition coefficient (Wildman–Crippen LogP) is 5.11. The summed E-state index contributed by atoms with van der Waals surface area (Å²) in [6, 6.07) is 12.2. The maximum Gasteiger partial charge on any atom is 0.196 e. The van der Waals surface area contributed by atoms with Crippen molar-refractivity contribution in [2.24, 2.45) is 0 Å². The van der Waals surface area contributed by atoms with Crippen molar-refractivity contribution in [1.82, 2.24) is 4.90 Å². The molecule has 2 heterocycles. The number of ether oxygens (including phenoxy) is 1. The molecule has 5 heteroatoms. The van der Waals surface area contributed by atoms with Gasteiger partial charge in [-0.1, -0.05) is 24.3 Å². The number of nitrogens with zero attached hydrogens (tertiary/aromatic N) is 2. The molecule has 29 heavy (non-hydrogen) atoms. The highest BCUT2D eigenvalue weighted by Gasteiger charge is 2.23. The van der Waals surface area contributed by atoms with Gasteiger partial charge in [0.2, 0.25) is 0 Å². The first-order valence-electron chi connectivity index (χ1n) is 10.1. The van der Waals surface area contributed by atoms with Crippen LogP contribution in [0.3, 0.4) is 0 Å². The van der Waals surface area contributed by atoms with Gasteiger partial charge in [-0.3, -0.25) is 9.69 Å². The number of rotatable bonds is 6. The largest absolute Gasteiger partial charge is 0.496 e. The van der Waals surface area contributed by atoms with Crippen molar-refractivity contribution >= 4 is 32.2 Å². The Morgan fingerprint density at radius 1 is 1.14 bits per heavy atom. The minimum Gasteiger partial charge on any atom is -0.496 e. The van der Waals surface area contributed by atoms with E-state index in [1.807, 2.05) is 31.1 Å². The fourth-order valence-electron chi connectivity index (χ4n) is 4.07.